The molecule has 2 N–H and O–H groups in total. The molecule has 0 fully saturated rings. The van der Waals surface area contributed by atoms with Crippen molar-refractivity contribution < 1.29 is 4.74 Å². The second-order valence-electron chi connectivity index (χ2n) is 5.13. The van der Waals surface area contributed by atoms with Crippen molar-refractivity contribution in [1.29, 1.82) is 0 Å². The summed E-state index contributed by atoms with van der Waals surface area (Å²) in [6, 6.07) is 16.4. The normalized spacial score (nSPS) is 10.2. The van der Waals surface area contributed by atoms with E-state index in [2.05, 4.69) is 41.8 Å². The van der Waals surface area contributed by atoms with Gasteiger partial charge in [0.2, 0.25) is 0 Å². The Morgan fingerprint density at radius 1 is 1.17 bits per heavy atom. The Bertz CT molecular complexity index is 629. The van der Waals surface area contributed by atoms with E-state index in [0.29, 0.717) is 5.11 Å². The van der Waals surface area contributed by atoms with Crippen LogP contribution in [0.25, 0.3) is 0 Å². The number of thiocarbonyl (C=S) groups is 1. The molecule has 2 aromatic rings. The van der Waals surface area contributed by atoms with Crippen molar-refractivity contribution in [2.75, 3.05) is 24.7 Å². The van der Waals surface area contributed by atoms with Crippen molar-refractivity contribution in [3.8, 4) is 5.75 Å². The molecule has 0 atom stereocenters. The van der Waals surface area contributed by atoms with Gasteiger partial charge in [-0.15, -0.1) is 11.8 Å². The predicted molar refractivity (Wildman–Crippen MR) is 104 cm³/mol. The molecule has 0 spiro atoms. The third kappa shape index (κ3) is 6.50. The summed E-state index contributed by atoms with van der Waals surface area (Å²) >= 11 is 7.17. The van der Waals surface area contributed by atoms with Gasteiger partial charge < -0.3 is 15.4 Å². The third-order valence-corrected chi connectivity index (χ3v) is 4.57. The highest BCUT2D eigenvalue weighted by molar-refractivity contribution is 7.99. The fourth-order valence-corrected chi connectivity index (χ4v) is 3.05. The summed E-state index contributed by atoms with van der Waals surface area (Å²) in [5, 5.41) is 7.03. The zero-order valence-corrected chi connectivity index (χ0v) is 15.1. The van der Waals surface area contributed by atoms with Gasteiger partial charge in [-0.3, -0.25) is 0 Å². The molecule has 0 bridgehead atoms. The van der Waals surface area contributed by atoms with E-state index in [4.69, 9.17) is 17.0 Å². The number of aryl methyl sites for hydroxylation is 1. The van der Waals surface area contributed by atoms with Gasteiger partial charge in [-0.25, -0.2) is 0 Å². The van der Waals surface area contributed by atoms with Crippen molar-refractivity contribution in [3.05, 3.63) is 54.1 Å². The van der Waals surface area contributed by atoms with Crippen LogP contribution in [0.1, 0.15) is 12.0 Å². The van der Waals surface area contributed by atoms with Gasteiger partial charge in [0.05, 0.1) is 7.11 Å². The van der Waals surface area contributed by atoms with E-state index in [0.717, 1.165) is 30.2 Å². The number of methoxy groups -OCH3 is 1. The highest BCUT2D eigenvalue weighted by Gasteiger charge is 1.99. The van der Waals surface area contributed by atoms with Crippen LogP contribution in [-0.2, 0) is 0 Å². The Labute approximate surface area is 147 Å². The molecule has 23 heavy (non-hydrogen) atoms. The smallest absolute Gasteiger partial charge is 0.170 e. The fraction of sp³-hybridized carbons (Fsp3) is 0.278. The Kier molecular flexibility index (Phi) is 7.23. The van der Waals surface area contributed by atoms with E-state index in [1.165, 1.54) is 10.5 Å². The van der Waals surface area contributed by atoms with Crippen LogP contribution in [0.2, 0.25) is 0 Å². The molecule has 0 heterocycles. The first-order valence-electron chi connectivity index (χ1n) is 7.56. The summed E-state index contributed by atoms with van der Waals surface area (Å²) in [6.07, 6.45) is 1.05. The molecule has 0 saturated carbocycles. The minimum atomic E-state index is 0.638. The van der Waals surface area contributed by atoms with Crippen molar-refractivity contribution in [1.82, 2.24) is 5.32 Å². The largest absolute Gasteiger partial charge is 0.497 e. The van der Waals surface area contributed by atoms with Crippen molar-refractivity contribution >= 4 is 34.8 Å². The molecule has 122 valence electrons. The first-order valence-corrected chi connectivity index (χ1v) is 8.95. The molecule has 5 heteroatoms. The van der Waals surface area contributed by atoms with Gasteiger partial charge in [0, 0.05) is 23.2 Å². The highest BCUT2D eigenvalue weighted by atomic mass is 32.2. The van der Waals surface area contributed by atoms with E-state index >= 15 is 0 Å². The Balaban J connectivity index is 1.63. The van der Waals surface area contributed by atoms with E-state index in [1.807, 2.05) is 36.0 Å². The minimum absolute atomic E-state index is 0.638. The SMILES string of the molecule is COc1cccc(NC(=S)NCCCSc2ccc(C)cc2)c1. The summed E-state index contributed by atoms with van der Waals surface area (Å²) in [7, 11) is 1.65. The average Bonchev–Trinajstić information content (AvgIpc) is 2.56. The van der Waals surface area contributed by atoms with Crippen molar-refractivity contribution in [2.45, 2.75) is 18.2 Å². The minimum Gasteiger partial charge on any atom is -0.497 e. The number of hydrogen-bond donors (Lipinski definition) is 2. The molecule has 0 aliphatic rings. The van der Waals surface area contributed by atoms with Gasteiger partial charge in [-0.1, -0.05) is 23.8 Å². The molecule has 0 aliphatic carbocycles. The van der Waals surface area contributed by atoms with Crippen LogP contribution in [0.5, 0.6) is 5.75 Å². The Hall–Kier alpha value is -1.72. The van der Waals surface area contributed by atoms with Crippen LogP contribution >= 0.6 is 24.0 Å². The monoisotopic (exact) mass is 346 g/mol. The van der Waals surface area contributed by atoms with Crippen LogP contribution in [0.15, 0.2) is 53.4 Å². The number of rotatable bonds is 7. The van der Waals surface area contributed by atoms with Gasteiger partial charge >= 0.3 is 0 Å². The summed E-state index contributed by atoms with van der Waals surface area (Å²) in [6.45, 7) is 2.96. The molecular formula is C18H22N2OS2. The van der Waals surface area contributed by atoms with Crippen molar-refractivity contribution in [3.63, 3.8) is 0 Å². The maximum atomic E-state index is 5.30. The number of benzene rings is 2. The standard InChI is InChI=1S/C18H22N2OS2/c1-14-7-9-17(10-8-14)23-12-4-11-19-18(22)20-15-5-3-6-16(13-15)21-2/h3,5-10,13H,4,11-12H2,1-2H3,(H2,19,20,22). The first kappa shape index (κ1) is 17.6. The van der Waals surface area contributed by atoms with Gasteiger partial charge in [0.25, 0.3) is 0 Å². The summed E-state index contributed by atoms with van der Waals surface area (Å²) in [5.41, 5.74) is 2.22. The fourth-order valence-electron chi connectivity index (χ4n) is 1.97. The van der Waals surface area contributed by atoms with Crippen molar-refractivity contribution in [2.24, 2.45) is 0 Å². The lowest BCUT2D eigenvalue weighted by molar-refractivity contribution is 0.415. The van der Waals surface area contributed by atoms with Crippen LogP contribution in [0.4, 0.5) is 5.69 Å². The first-order chi connectivity index (χ1) is 11.2. The molecule has 3 nitrogen and oxygen atoms in total. The van der Waals surface area contributed by atoms with Crippen LogP contribution in [-0.4, -0.2) is 24.5 Å². The number of anilines is 1. The topological polar surface area (TPSA) is 33.3 Å². The zero-order chi connectivity index (χ0) is 16.5. The van der Waals surface area contributed by atoms with Crippen LogP contribution < -0.4 is 15.4 Å². The zero-order valence-electron chi connectivity index (χ0n) is 13.5. The Morgan fingerprint density at radius 2 is 1.96 bits per heavy atom. The maximum Gasteiger partial charge on any atom is 0.170 e. The highest BCUT2D eigenvalue weighted by Crippen LogP contribution is 2.19. The van der Waals surface area contributed by atoms with E-state index in [-0.39, 0.29) is 0 Å². The molecule has 0 aromatic heterocycles. The lowest BCUT2D eigenvalue weighted by Crippen LogP contribution is -2.29. The van der Waals surface area contributed by atoms with Crippen LogP contribution in [0, 0.1) is 6.92 Å². The molecule has 0 saturated heterocycles. The third-order valence-electron chi connectivity index (χ3n) is 3.22. The summed E-state index contributed by atoms with van der Waals surface area (Å²) in [5.74, 6) is 1.88. The van der Waals surface area contributed by atoms with Gasteiger partial charge in [-0.2, -0.15) is 0 Å². The lowest BCUT2D eigenvalue weighted by Gasteiger charge is -2.11. The Morgan fingerprint density at radius 3 is 2.70 bits per heavy atom. The predicted octanol–water partition coefficient (Wildman–Crippen LogP) is 4.47. The molecule has 2 aromatic carbocycles. The molecule has 0 unspecified atom stereocenters. The second kappa shape index (κ2) is 9.43. The maximum absolute atomic E-state index is 5.30. The van der Waals surface area contributed by atoms with E-state index < -0.39 is 0 Å². The van der Waals surface area contributed by atoms with Crippen LogP contribution in [0.3, 0.4) is 0 Å². The van der Waals surface area contributed by atoms with Gasteiger partial charge in [0.15, 0.2) is 5.11 Å². The molecule has 0 aliphatic heterocycles. The van der Waals surface area contributed by atoms with Gasteiger partial charge in [0.1, 0.15) is 5.75 Å². The summed E-state index contributed by atoms with van der Waals surface area (Å²) in [4.78, 5) is 1.31. The number of thioether (sulfide) groups is 1. The lowest BCUT2D eigenvalue weighted by atomic mass is 10.2. The number of ether oxygens (including phenoxy) is 1. The average molecular weight is 347 g/mol. The van der Waals surface area contributed by atoms with E-state index in [1.54, 1.807) is 7.11 Å². The molecular weight excluding hydrogens is 324 g/mol. The molecule has 0 radical (unpaired) electrons. The van der Waals surface area contributed by atoms with E-state index in [9.17, 15) is 0 Å². The quantitative estimate of drug-likeness (QED) is 0.439. The number of nitrogens with one attached hydrogen (secondary N) is 2. The second-order valence-corrected chi connectivity index (χ2v) is 6.70. The molecule has 0 amide bonds. The van der Waals surface area contributed by atoms with Gasteiger partial charge in [-0.05, 0) is 55.6 Å². The number of hydrogen-bond acceptors (Lipinski definition) is 3. The summed E-state index contributed by atoms with van der Waals surface area (Å²) < 4.78 is 5.19. The molecule has 2 rings (SSSR count).